The number of rotatable bonds is 6. The molecule has 6 heteroatoms. The van der Waals surface area contributed by atoms with Crippen LogP contribution in [0.2, 0.25) is 0 Å². The number of ether oxygens (including phenoxy) is 4. The number of carbonyl (C=O) groups excluding carboxylic acids is 1. The van der Waals surface area contributed by atoms with Gasteiger partial charge in [0.25, 0.3) is 0 Å². The molecule has 27 heavy (non-hydrogen) atoms. The van der Waals surface area contributed by atoms with Crippen molar-refractivity contribution >= 4 is 33.7 Å². The van der Waals surface area contributed by atoms with E-state index in [1.54, 1.807) is 32.4 Å². The molecular formula is C21H19BrO5. The highest BCUT2D eigenvalue weighted by Gasteiger charge is 2.23. The summed E-state index contributed by atoms with van der Waals surface area (Å²) >= 11 is 3.45. The average molecular weight is 431 g/mol. The molecule has 0 spiro atoms. The van der Waals surface area contributed by atoms with Crippen molar-refractivity contribution in [1.82, 2.24) is 0 Å². The van der Waals surface area contributed by atoms with Crippen LogP contribution in [0.3, 0.4) is 0 Å². The third kappa shape index (κ3) is 4.17. The van der Waals surface area contributed by atoms with Gasteiger partial charge in [-0.3, -0.25) is 0 Å². The van der Waals surface area contributed by atoms with E-state index >= 15 is 0 Å². The summed E-state index contributed by atoms with van der Waals surface area (Å²) in [6, 6.07) is 11.0. The maximum absolute atomic E-state index is 12.3. The van der Waals surface area contributed by atoms with Crippen molar-refractivity contribution in [2.24, 2.45) is 0 Å². The van der Waals surface area contributed by atoms with Gasteiger partial charge in [0, 0.05) is 17.2 Å². The first kappa shape index (κ1) is 19.0. The van der Waals surface area contributed by atoms with E-state index in [9.17, 15) is 4.79 Å². The van der Waals surface area contributed by atoms with Crippen molar-refractivity contribution in [1.29, 1.82) is 0 Å². The summed E-state index contributed by atoms with van der Waals surface area (Å²) in [4.78, 5) is 12.3. The molecule has 0 N–H and O–H groups in total. The van der Waals surface area contributed by atoms with Crippen LogP contribution in [0.4, 0.5) is 0 Å². The maximum atomic E-state index is 12.3. The molecule has 0 radical (unpaired) electrons. The molecule has 140 valence electrons. The number of benzene rings is 2. The first-order valence-electron chi connectivity index (χ1n) is 8.36. The molecule has 1 heterocycles. The van der Waals surface area contributed by atoms with Crippen molar-refractivity contribution in [3.05, 3.63) is 63.6 Å². The van der Waals surface area contributed by atoms with Crippen molar-refractivity contribution < 1.29 is 23.7 Å². The van der Waals surface area contributed by atoms with Gasteiger partial charge in [-0.25, -0.2) is 4.79 Å². The Labute approximate surface area is 166 Å². The maximum Gasteiger partial charge on any atom is 0.343 e. The van der Waals surface area contributed by atoms with Gasteiger partial charge in [-0.15, -0.1) is 0 Å². The minimum atomic E-state index is -0.409. The van der Waals surface area contributed by atoms with E-state index in [4.69, 9.17) is 18.9 Å². The Balaban J connectivity index is 1.93. The SMILES string of the molecule is CCOc1ccc(C2=CC(=Cc3cc(Br)c(OC)cc3OC)C(=O)O2)cc1. The van der Waals surface area contributed by atoms with E-state index in [1.165, 1.54) is 0 Å². The number of methoxy groups -OCH3 is 2. The molecule has 0 amide bonds. The first-order valence-corrected chi connectivity index (χ1v) is 9.15. The number of hydrogen-bond donors (Lipinski definition) is 0. The second-order valence-corrected chi connectivity index (χ2v) is 6.54. The topological polar surface area (TPSA) is 54.0 Å². The van der Waals surface area contributed by atoms with Crippen molar-refractivity contribution in [2.75, 3.05) is 20.8 Å². The minimum absolute atomic E-state index is 0.409. The predicted molar refractivity (Wildman–Crippen MR) is 107 cm³/mol. The molecule has 1 aliphatic rings. The average Bonchev–Trinajstić information content (AvgIpc) is 3.03. The number of halogens is 1. The van der Waals surface area contributed by atoms with Crippen LogP contribution in [0.25, 0.3) is 11.8 Å². The number of cyclic esters (lactones) is 1. The second-order valence-electron chi connectivity index (χ2n) is 5.68. The van der Waals surface area contributed by atoms with Gasteiger partial charge < -0.3 is 18.9 Å². The molecule has 0 aliphatic carbocycles. The largest absolute Gasteiger partial charge is 0.496 e. The Morgan fingerprint density at radius 3 is 2.41 bits per heavy atom. The fraction of sp³-hybridized carbons (Fsp3) is 0.190. The highest BCUT2D eigenvalue weighted by atomic mass is 79.9. The van der Waals surface area contributed by atoms with Crippen LogP contribution in [-0.4, -0.2) is 26.8 Å². The molecular weight excluding hydrogens is 412 g/mol. The Morgan fingerprint density at radius 1 is 1.07 bits per heavy atom. The summed E-state index contributed by atoms with van der Waals surface area (Å²) in [5.74, 6) is 2.11. The quantitative estimate of drug-likeness (QED) is 0.484. The van der Waals surface area contributed by atoms with Crippen LogP contribution < -0.4 is 14.2 Å². The van der Waals surface area contributed by atoms with Crippen LogP contribution >= 0.6 is 15.9 Å². The number of carbonyl (C=O) groups is 1. The first-order chi connectivity index (χ1) is 13.0. The lowest BCUT2D eigenvalue weighted by molar-refractivity contribution is -0.130. The van der Waals surface area contributed by atoms with Gasteiger partial charge in [-0.1, -0.05) is 0 Å². The van der Waals surface area contributed by atoms with Gasteiger partial charge in [0.15, 0.2) is 0 Å². The van der Waals surface area contributed by atoms with Gasteiger partial charge in [0.05, 0.1) is 30.9 Å². The fourth-order valence-electron chi connectivity index (χ4n) is 2.68. The minimum Gasteiger partial charge on any atom is -0.496 e. The summed E-state index contributed by atoms with van der Waals surface area (Å²) in [7, 11) is 3.15. The molecule has 0 aromatic heterocycles. The smallest absolute Gasteiger partial charge is 0.343 e. The molecule has 0 atom stereocenters. The van der Waals surface area contributed by atoms with Crippen LogP contribution in [0.1, 0.15) is 18.1 Å². The van der Waals surface area contributed by atoms with Crippen molar-refractivity contribution in [3.63, 3.8) is 0 Å². The predicted octanol–water partition coefficient (Wildman–Crippen LogP) is 4.85. The van der Waals surface area contributed by atoms with Gasteiger partial charge in [0.1, 0.15) is 23.0 Å². The summed E-state index contributed by atoms with van der Waals surface area (Å²) in [5, 5.41) is 0. The van der Waals surface area contributed by atoms with Gasteiger partial charge in [-0.05, 0) is 65.3 Å². The fourth-order valence-corrected chi connectivity index (χ4v) is 3.20. The van der Waals surface area contributed by atoms with Crippen molar-refractivity contribution in [3.8, 4) is 17.2 Å². The van der Waals surface area contributed by atoms with E-state index in [0.717, 1.165) is 21.3 Å². The lowest BCUT2D eigenvalue weighted by Crippen LogP contribution is -1.98. The zero-order valence-corrected chi connectivity index (χ0v) is 16.8. The number of hydrogen-bond acceptors (Lipinski definition) is 5. The molecule has 0 bridgehead atoms. The normalized spacial score (nSPS) is 14.7. The summed E-state index contributed by atoms with van der Waals surface area (Å²) < 4.78 is 22.3. The van der Waals surface area contributed by atoms with Gasteiger partial charge in [0.2, 0.25) is 0 Å². The molecule has 2 aromatic carbocycles. The summed E-state index contributed by atoms with van der Waals surface area (Å²) in [5.41, 5.74) is 1.98. The standard InChI is InChI=1S/C21H19BrO5/c1-4-26-16-7-5-13(6-8-16)19-11-15(21(23)27-19)9-14-10-17(22)20(25-3)12-18(14)24-2/h5-12H,4H2,1-3H3. The van der Waals surface area contributed by atoms with Crippen LogP contribution in [0.5, 0.6) is 17.2 Å². The van der Waals surface area contributed by atoms with E-state index in [2.05, 4.69) is 15.9 Å². The summed E-state index contributed by atoms with van der Waals surface area (Å²) in [6.07, 6.45) is 3.45. The monoisotopic (exact) mass is 430 g/mol. The molecule has 5 nitrogen and oxygen atoms in total. The molecule has 3 rings (SSSR count). The molecule has 0 fully saturated rings. The third-order valence-corrected chi connectivity index (χ3v) is 4.61. The Bertz CT molecular complexity index is 913. The molecule has 0 saturated heterocycles. The molecule has 0 saturated carbocycles. The molecule has 1 aliphatic heterocycles. The lowest BCUT2D eigenvalue weighted by Gasteiger charge is -2.10. The highest BCUT2D eigenvalue weighted by molar-refractivity contribution is 9.10. The van der Waals surface area contributed by atoms with Crippen LogP contribution in [0.15, 0.2) is 52.5 Å². The van der Waals surface area contributed by atoms with E-state index in [0.29, 0.717) is 29.4 Å². The third-order valence-electron chi connectivity index (χ3n) is 3.99. The highest BCUT2D eigenvalue weighted by Crippen LogP contribution is 2.35. The van der Waals surface area contributed by atoms with Crippen LogP contribution in [0, 0.1) is 0 Å². The lowest BCUT2D eigenvalue weighted by atomic mass is 10.1. The Morgan fingerprint density at radius 2 is 1.78 bits per heavy atom. The van der Waals surface area contributed by atoms with Crippen LogP contribution in [-0.2, 0) is 9.53 Å². The Kier molecular flexibility index (Phi) is 5.86. The van der Waals surface area contributed by atoms with E-state index < -0.39 is 5.97 Å². The summed E-state index contributed by atoms with van der Waals surface area (Å²) in [6.45, 7) is 2.53. The Hall–Kier alpha value is -2.73. The van der Waals surface area contributed by atoms with E-state index in [1.807, 2.05) is 37.3 Å². The molecule has 2 aromatic rings. The van der Waals surface area contributed by atoms with Gasteiger partial charge >= 0.3 is 5.97 Å². The van der Waals surface area contributed by atoms with Gasteiger partial charge in [-0.2, -0.15) is 0 Å². The zero-order chi connectivity index (χ0) is 19.4. The zero-order valence-electron chi connectivity index (χ0n) is 15.2. The molecule has 0 unspecified atom stereocenters. The van der Waals surface area contributed by atoms with Crippen molar-refractivity contribution in [2.45, 2.75) is 6.92 Å². The van der Waals surface area contributed by atoms with E-state index in [-0.39, 0.29) is 0 Å². The number of esters is 1. The second kappa shape index (κ2) is 8.31.